The lowest BCUT2D eigenvalue weighted by molar-refractivity contribution is -0.390. The highest BCUT2D eigenvalue weighted by Gasteiger charge is 2.18. The van der Waals surface area contributed by atoms with Crippen molar-refractivity contribution >= 4 is 11.7 Å². The van der Waals surface area contributed by atoms with E-state index >= 15 is 0 Å². The number of aryl methyl sites for hydroxylation is 1. The van der Waals surface area contributed by atoms with Crippen molar-refractivity contribution < 1.29 is 14.1 Å². The van der Waals surface area contributed by atoms with E-state index in [1.807, 2.05) is 5.43 Å². The maximum atomic E-state index is 11.2. The van der Waals surface area contributed by atoms with Gasteiger partial charge in [-0.1, -0.05) is 0 Å². The Hall–Kier alpha value is -2.68. The van der Waals surface area contributed by atoms with E-state index in [0.717, 1.165) is 0 Å². The monoisotopic (exact) mass is 265 g/mol. The van der Waals surface area contributed by atoms with Crippen LogP contribution in [0.2, 0.25) is 0 Å². The van der Waals surface area contributed by atoms with Crippen molar-refractivity contribution in [3.63, 3.8) is 0 Å². The molecule has 9 nitrogen and oxygen atoms in total. The van der Waals surface area contributed by atoms with E-state index < -0.39 is 10.8 Å². The first-order valence-corrected chi connectivity index (χ1v) is 5.28. The van der Waals surface area contributed by atoms with Crippen LogP contribution >= 0.6 is 0 Å². The summed E-state index contributed by atoms with van der Waals surface area (Å²) >= 11 is 0. The van der Waals surface area contributed by atoms with Crippen LogP contribution in [0.5, 0.6) is 0 Å². The van der Waals surface area contributed by atoms with Gasteiger partial charge in [-0.25, -0.2) is 5.84 Å². The summed E-state index contributed by atoms with van der Waals surface area (Å²) in [5.41, 5.74) is 2.70. The van der Waals surface area contributed by atoms with E-state index in [2.05, 4.69) is 5.10 Å². The highest BCUT2D eigenvalue weighted by atomic mass is 16.6. The second-order valence-corrected chi connectivity index (χ2v) is 3.87. The average molecular weight is 265 g/mol. The summed E-state index contributed by atoms with van der Waals surface area (Å²) in [6.45, 7) is 1.78. The lowest BCUT2D eigenvalue weighted by Gasteiger charge is -1.92. The largest absolute Gasteiger partial charge is 0.466 e. The zero-order valence-electron chi connectivity index (χ0n) is 9.99. The third kappa shape index (κ3) is 2.60. The topological polar surface area (TPSA) is 129 Å². The van der Waals surface area contributed by atoms with Gasteiger partial charge >= 0.3 is 5.82 Å². The first kappa shape index (κ1) is 12.8. The van der Waals surface area contributed by atoms with Crippen LogP contribution in [0.25, 0.3) is 0 Å². The molecule has 2 aromatic heterocycles. The molecule has 0 aliphatic rings. The Labute approximate surface area is 107 Å². The molecule has 0 bridgehead atoms. The second-order valence-electron chi connectivity index (χ2n) is 3.87. The molecular weight excluding hydrogens is 254 g/mol. The van der Waals surface area contributed by atoms with E-state index in [1.54, 1.807) is 6.92 Å². The summed E-state index contributed by atoms with van der Waals surface area (Å²) in [7, 11) is 0. The fraction of sp³-hybridized carbons (Fsp3) is 0.200. The van der Waals surface area contributed by atoms with Gasteiger partial charge in [-0.05, 0) is 17.9 Å². The minimum atomic E-state index is -0.554. The Morgan fingerprint density at radius 2 is 2.42 bits per heavy atom. The SMILES string of the molecule is Cc1cn(Cc2cc(C(=O)NN)co2)nc1[N+](=O)[O-]. The number of hydrogen-bond donors (Lipinski definition) is 2. The van der Waals surface area contributed by atoms with Gasteiger partial charge in [0, 0.05) is 0 Å². The molecular formula is C10H11N5O4. The van der Waals surface area contributed by atoms with Crippen LogP contribution in [0, 0.1) is 17.0 Å². The van der Waals surface area contributed by atoms with Crippen LogP contribution in [0.15, 0.2) is 22.9 Å². The molecule has 0 saturated heterocycles. The number of hydrazine groups is 1. The van der Waals surface area contributed by atoms with Gasteiger partial charge in [-0.3, -0.25) is 10.2 Å². The van der Waals surface area contributed by atoms with Gasteiger partial charge in [0.1, 0.15) is 18.6 Å². The molecule has 100 valence electrons. The van der Waals surface area contributed by atoms with Crippen molar-refractivity contribution in [3.8, 4) is 0 Å². The molecule has 0 aliphatic carbocycles. The molecule has 0 saturated carbocycles. The van der Waals surface area contributed by atoms with Gasteiger partial charge in [-0.2, -0.15) is 4.68 Å². The maximum absolute atomic E-state index is 11.2. The number of amides is 1. The smallest absolute Gasteiger partial charge is 0.392 e. The van der Waals surface area contributed by atoms with E-state index in [-0.39, 0.29) is 17.9 Å². The van der Waals surface area contributed by atoms with Gasteiger partial charge < -0.3 is 14.5 Å². The predicted molar refractivity (Wildman–Crippen MR) is 63.1 cm³/mol. The predicted octanol–water partition coefficient (Wildman–Crippen LogP) is 0.345. The highest BCUT2D eigenvalue weighted by Crippen LogP contribution is 2.16. The standard InChI is InChI=1S/C10H11N5O4/c1-6-3-14(13-9(6)15(17)18)4-8-2-7(5-19-8)10(16)12-11/h2-3,5H,4,11H2,1H3,(H,12,16). The maximum Gasteiger partial charge on any atom is 0.392 e. The fourth-order valence-corrected chi connectivity index (χ4v) is 1.60. The van der Waals surface area contributed by atoms with Crippen LogP contribution in [0.1, 0.15) is 21.7 Å². The molecule has 3 N–H and O–H groups in total. The number of carbonyl (C=O) groups is 1. The summed E-state index contributed by atoms with van der Waals surface area (Å²) in [6.07, 6.45) is 2.78. The summed E-state index contributed by atoms with van der Waals surface area (Å²) in [6, 6.07) is 1.49. The number of hydrogen-bond acceptors (Lipinski definition) is 6. The molecule has 19 heavy (non-hydrogen) atoms. The number of nitrogen functional groups attached to an aromatic ring is 1. The third-order valence-corrected chi connectivity index (χ3v) is 2.46. The molecule has 0 fully saturated rings. The Morgan fingerprint density at radius 1 is 1.68 bits per heavy atom. The average Bonchev–Trinajstić information content (AvgIpc) is 2.95. The molecule has 0 radical (unpaired) electrons. The van der Waals surface area contributed by atoms with Crippen LogP contribution in [0.3, 0.4) is 0 Å². The van der Waals surface area contributed by atoms with Gasteiger partial charge in [0.2, 0.25) is 0 Å². The first-order chi connectivity index (χ1) is 9.01. The Kier molecular flexibility index (Phi) is 3.29. The van der Waals surface area contributed by atoms with E-state index in [4.69, 9.17) is 10.3 Å². The summed E-state index contributed by atoms with van der Waals surface area (Å²) < 4.78 is 6.53. The van der Waals surface area contributed by atoms with Crippen molar-refractivity contribution in [1.29, 1.82) is 0 Å². The molecule has 9 heteroatoms. The lowest BCUT2D eigenvalue weighted by atomic mass is 10.3. The summed E-state index contributed by atoms with van der Waals surface area (Å²) in [5.74, 6) is 4.75. The number of nitrogens with two attached hydrogens (primary N) is 1. The number of nitrogens with zero attached hydrogens (tertiary/aromatic N) is 3. The summed E-state index contributed by atoms with van der Waals surface area (Å²) in [5, 5.41) is 14.5. The van der Waals surface area contributed by atoms with Gasteiger partial charge in [0.15, 0.2) is 0 Å². The van der Waals surface area contributed by atoms with Crippen molar-refractivity contribution in [3.05, 3.63) is 45.5 Å². The minimum absolute atomic E-state index is 0.187. The molecule has 2 heterocycles. The van der Waals surface area contributed by atoms with Gasteiger partial charge in [-0.15, -0.1) is 0 Å². The first-order valence-electron chi connectivity index (χ1n) is 5.28. The summed E-state index contributed by atoms with van der Waals surface area (Å²) in [4.78, 5) is 21.3. The van der Waals surface area contributed by atoms with E-state index in [1.165, 1.54) is 23.2 Å². The number of nitro groups is 1. The molecule has 2 aromatic rings. The third-order valence-electron chi connectivity index (χ3n) is 2.46. The molecule has 0 aliphatic heterocycles. The molecule has 0 spiro atoms. The van der Waals surface area contributed by atoms with Crippen LogP contribution in [-0.2, 0) is 6.54 Å². The van der Waals surface area contributed by atoms with E-state index in [9.17, 15) is 14.9 Å². The molecule has 0 aromatic carbocycles. The number of furan rings is 1. The highest BCUT2D eigenvalue weighted by molar-refractivity contribution is 5.93. The number of aromatic nitrogens is 2. The van der Waals surface area contributed by atoms with E-state index in [0.29, 0.717) is 11.3 Å². The Morgan fingerprint density at radius 3 is 3.00 bits per heavy atom. The zero-order valence-corrected chi connectivity index (χ0v) is 9.99. The lowest BCUT2D eigenvalue weighted by Crippen LogP contribution is -2.29. The quantitative estimate of drug-likeness (QED) is 0.355. The van der Waals surface area contributed by atoms with Crippen LogP contribution in [0.4, 0.5) is 5.82 Å². The van der Waals surface area contributed by atoms with Crippen molar-refractivity contribution in [2.45, 2.75) is 13.5 Å². The fourth-order valence-electron chi connectivity index (χ4n) is 1.60. The second kappa shape index (κ2) is 4.90. The minimum Gasteiger partial charge on any atom is -0.466 e. The molecule has 0 atom stereocenters. The molecule has 0 unspecified atom stereocenters. The number of nitrogens with one attached hydrogen (secondary N) is 1. The van der Waals surface area contributed by atoms with Gasteiger partial charge in [0.05, 0.1) is 22.4 Å². The molecule has 2 rings (SSSR count). The van der Waals surface area contributed by atoms with Crippen LogP contribution in [-0.4, -0.2) is 20.6 Å². The van der Waals surface area contributed by atoms with Crippen molar-refractivity contribution in [2.75, 3.05) is 0 Å². The Balaban J connectivity index is 2.17. The molecule has 1 amide bonds. The zero-order chi connectivity index (χ0) is 14.0. The normalized spacial score (nSPS) is 10.4. The Bertz CT molecular complexity index is 630. The van der Waals surface area contributed by atoms with Crippen LogP contribution < -0.4 is 11.3 Å². The van der Waals surface area contributed by atoms with Gasteiger partial charge in [0.25, 0.3) is 5.91 Å². The van der Waals surface area contributed by atoms with Crippen molar-refractivity contribution in [2.24, 2.45) is 5.84 Å². The number of carbonyl (C=O) groups excluding carboxylic acids is 1. The van der Waals surface area contributed by atoms with Crippen molar-refractivity contribution in [1.82, 2.24) is 15.2 Å². The number of rotatable bonds is 4.